The highest BCUT2D eigenvalue weighted by Crippen LogP contribution is 2.27. The Hall–Kier alpha value is -3.29. The van der Waals surface area contributed by atoms with E-state index >= 15 is 0 Å². The van der Waals surface area contributed by atoms with Crippen molar-refractivity contribution in [3.63, 3.8) is 0 Å². The topological polar surface area (TPSA) is 71.8 Å². The molecule has 0 saturated heterocycles. The van der Waals surface area contributed by atoms with Crippen LogP contribution in [0.4, 0.5) is 11.4 Å². The molecule has 4 rings (SSSR count). The Morgan fingerprint density at radius 3 is 2.32 bits per heavy atom. The number of benzene rings is 3. The summed E-state index contributed by atoms with van der Waals surface area (Å²) in [6.45, 7) is 6.38. The summed E-state index contributed by atoms with van der Waals surface area (Å²) in [7, 11) is 0. The number of carbonyl (C=O) groups excluding carboxylic acids is 1. The van der Waals surface area contributed by atoms with Gasteiger partial charge in [0.2, 0.25) is 5.91 Å². The molecule has 8 heteroatoms. The van der Waals surface area contributed by atoms with Crippen LogP contribution in [-0.2, 0) is 11.3 Å². The number of hydrogen-bond donors (Lipinski definition) is 2. The first-order valence-electron chi connectivity index (χ1n) is 10.9. The molecule has 0 fully saturated rings. The molecule has 34 heavy (non-hydrogen) atoms. The van der Waals surface area contributed by atoms with Gasteiger partial charge in [0.25, 0.3) is 0 Å². The number of carbonyl (C=O) groups is 1. The van der Waals surface area contributed by atoms with Gasteiger partial charge in [-0.1, -0.05) is 64.8 Å². The number of halogens is 1. The summed E-state index contributed by atoms with van der Waals surface area (Å²) in [5.74, 6) is 0.642. The molecule has 1 atom stereocenters. The van der Waals surface area contributed by atoms with Crippen molar-refractivity contribution in [2.45, 2.75) is 37.7 Å². The molecule has 1 amide bonds. The first kappa shape index (κ1) is 23.9. The lowest BCUT2D eigenvalue weighted by Gasteiger charge is -2.15. The van der Waals surface area contributed by atoms with Gasteiger partial charge in [-0.25, -0.2) is 0 Å². The van der Waals surface area contributed by atoms with Crippen molar-refractivity contribution in [3.05, 3.63) is 94.8 Å². The highest BCUT2D eigenvalue weighted by molar-refractivity contribution is 8.00. The van der Waals surface area contributed by atoms with Crippen LogP contribution in [0.2, 0.25) is 5.02 Å². The fraction of sp³-hybridized carbons (Fsp3) is 0.192. The van der Waals surface area contributed by atoms with Gasteiger partial charge in [-0.3, -0.25) is 9.36 Å². The van der Waals surface area contributed by atoms with Gasteiger partial charge in [-0.2, -0.15) is 0 Å². The van der Waals surface area contributed by atoms with Gasteiger partial charge in [-0.15, -0.1) is 10.2 Å². The lowest BCUT2D eigenvalue weighted by Crippen LogP contribution is -2.23. The molecule has 1 aromatic heterocycles. The minimum Gasteiger partial charge on any atom is -0.378 e. The quantitative estimate of drug-likeness (QED) is 0.284. The monoisotopic (exact) mass is 491 g/mol. The molecule has 0 aliphatic heterocycles. The number of thioether (sulfide) groups is 1. The van der Waals surface area contributed by atoms with Crippen LogP contribution in [0.5, 0.6) is 0 Å². The van der Waals surface area contributed by atoms with Gasteiger partial charge >= 0.3 is 0 Å². The molecule has 0 aliphatic rings. The molecule has 0 spiro atoms. The molecular weight excluding hydrogens is 466 g/mol. The Morgan fingerprint density at radius 1 is 0.971 bits per heavy atom. The number of aryl methyl sites for hydroxylation is 2. The summed E-state index contributed by atoms with van der Waals surface area (Å²) in [5.41, 5.74) is 4.91. The summed E-state index contributed by atoms with van der Waals surface area (Å²) in [5, 5.41) is 16.1. The SMILES string of the molecule is Cc1ccc(NC(=O)[C@@H](C)Sc2nnc(CNc3cccc(Cl)c3)n2-c2ccc(C)cc2)cc1. The second-order valence-corrected chi connectivity index (χ2v) is 9.79. The predicted octanol–water partition coefficient (Wildman–Crippen LogP) is 6.27. The minimum absolute atomic E-state index is 0.0917. The number of amides is 1. The van der Waals surface area contributed by atoms with E-state index in [9.17, 15) is 4.79 Å². The molecule has 0 saturated carbocycles. The van der Waals surface area contributed by atoms with Crippen LogP contribution in [0, 0.1) is 13.8 Å². The van der Waals surface area contributed by atoms with E-state index in [-0.39, 0.29) is 11.2 Å². The van der Waals surface area contributed by atoms with Crippen LogP contribution < -0.4 is 10.6 Å². The predicted molar refractivity (Wildman–Crippen MR) is 140 cm³/mol. The summed E-state index contributed by atoms with van der Waals surface area (Å²) in [4.78, 5) is 12.8. The lowest BCUT2D eigenvalue weighted by atomic mass is 10.2. The molecular formula is C26H26ClN5OS. The number of rotatable bonds is 8. The Kier molecular flexibility index (Phi) is 7.55. The van der Waals surface area contributed by atoms with Crippen molar-refractivity contribution >= 4 is 40.6 Å². The third-order valence-electron chi connectivity index (χ3n) is 5.24. The van der Waals surface area contributed by atoms with Crippen LogP contribution in [0.15, 0.2) is 78.0 Å². The Bertz CT molecular complexity index is 1270. The summed E-state index contributed by atoms with van der Waals surface area (Å²) < 4.78 is 1.98. The second kappa shape index (κ2) is 10.8. The zero-order valence-electron chi connectivity index (χ0n) is 19.2. The molecule has 0 radical (unpaired) electrons. The number of anilines is 2. The van der Waals surface area contributed by atoms with Crippen LogP contribution in [0.25, 0.3) is 5.69 Å². The van der Waals surface area contributed by atoms with E-state index < -0.39 is 0 Å². The van der Waals surface area contributed by atoms with E-state index in [1.54, 1.807) is 0 Å². The first-order chi connectivity index (χ1) is 16.4. The molecule has 3 aromatic carbocycles. The zero-order valence-corrected chi connectivity index (χ0v) is 20.8. The Labute approximate surface area is 208 Å². The number of nitrogens with zero attached hydrogens (tertiary/aromatic N) is 3. The van der Waals surface area contributed by atoms with E-state index in [2.05, 4.69) is 20.8 Å². The van der Waals surface area contributed by atoms with Crippen LogP contribution in [-0.4, -0.2) is 25.9 Å². The molecule has 6 nitrogen and oxygen atoms in total. The summed E-state index contributed by atoms with van der Waals surface area (Å²) >= 11 is 7.48. The molecule has 1 heterocycles. The van der Waals surface area contributed by atoms with Crippen molar-refractivity contribution < 1.29 is 4.79 Å². The maximum atomic E-state index is 12.8. The summed E-state index contributed by atoms with van der Waals surface area (Å²) in [6.07, 6.45) is 0. The van der Waals surface area contributed by atoms with E-state index in [0.29, 0.717) is 16.7 Å². The lowest BCUT2D eigenvalue weighted by molar-refractivity contribution is -0.115. The molecule has 0 aliphatic carbocycles. The number of aromatic nitrogens is 3. The Morgan fingerprint density at radius 2 is 1.65 bits per heavy atom. The van der Waals surface area contributed by atoms with Gasteiger partial charge in [0, 0.05) is 22.1 Å². The fourth-order valence-electron chi connectivity index (χ4n) is 3.32. The molecule has 0 unspecified atom stereocenters. The summed E-state index contributed by atoms with van der Waals surface area (Å²) in [6, 6.07) is 23.4. The normalized spacial score (nSPS) is 11.8. The van der Waals surface area contributed by atoms with Crippen LogP contribution in [0.1, 0.15) is 23.9 Å². The van der Waals surface area contributed by atoms with Gasteiger partial charge < -0.3 is 10.6 Å². The highest BCUT2D eigenvalue weighted by Gasteiger charge is 2.21. The second-order valence-electron chi connectivity index (χ2n) is 8.05. The standard InChI is InChI=1S/C26H26ClN5OS/c1-17-7-11-21(12-8-17)29-25(33)19(3)34-26-31-30-24(16-28-22-6-4-5-20(27)15-22)32(26)23-13-9-18(2)10-14-23/h4-15,19,28H,16H2,1-3H3,(H,29,33)/t19-/m1/s1. The molecule has 4 aromatic rings. The van der Waals surface area contributed by atoms with Crippen molar-refractivity contribution in [2.24, 2.45) is 0 Å². The molecule has 2 N–H and O–H groups in total. The maximum Gasteiger partial charge on any atom is 0.237 e. The van der Waals surface area contributed by atoms with E-state index in [1.807, 2.05) is 98.1 Å². The van der Waals surface area contributed by atoms with E-state index in [4.69, 9.17) is 11.6 Å². The maximum absolute atomic E-state index is 12.8. The first-order valence-corrected chi connectivity index (χ1v) is 12.2. The largest absolute Gasteiger partial charge is 0.378 e. The van der Waals surface area contributed by atoms with Crippen molar-refractivity contribution in [2.75, 3.05) is 10.6 Å². The highest BCUT2D eigenvalue weighted by atomic mass is 35.5. The van der Waals surface area contributed by atoms with Crippen molar-refractivity contribution in [3.8, 4) is 5.69 Å². The van der Waals surface area contributed by atoms with E-state index in [0.717, 1.165) is 34.0 Å². The van der Waals surface area contributed by atoms with E-state index in [1.165, 1.54) is 11.8 Å². The van der Waals surface area contributed by atoms with Gasteiger partial charge in [0.1, 0.15) is 0 Å². The van der Waals surface area contributed by atoms with Crippen LogP contribution >= 0.6 is 23.4 Å². The minimum atomic E-state index is -0.372. The van der Waals surface area contributed by atoms with Crippen molar-refractivity contribution in [1.82, 2.24) is 14.8 Å². The molecule has 174 valence electrons. The third-order valence-corrected chi connectivity index (χ3v) is 6.52. The average Bonchev–Trinajstić information content (AvgIpc) is 3.22. The van der Waals surface area contributed by atoms with Crippen LogP contribution in [0.3, 0.4) is 0 Å². The Balaban J connectivity index is 1.55. The smallest absolute Gasteiger partial charge is 0.237 e. The third kappa shape index (κ3) is 5.98. The van der Waals surface area contributed by atoms with Crippen molar-refractivity contribution in [1.29, 1.82) is 0 Å². The number of nitrogens with one attached hydrogen (secondary N) is 2. The number of hydrogen-bond acceptors (Lipinski definition) is 5. The fourth-order valence-corrected chi connectivity index (χ4v) is 4.39. The molecule has 0 bridgehead atoms. The average molecular weight is 492 g/mol. The van der Waals surface area contributed by atoms with Gasteiger partial charge in [-0.05, 0) is 63.2 Å². The zero-order chi connectivity index (χ0) is 24.1. The van der Waals surface area contributed by atoms with Gasteiger partial charge in [0.15, 0.2) is 11.0 Å². The van der Waals surface area contributed by atoms with Gasteiger partial charge in [0.05, 0.1) is 11.8 Å².